The summed E-state index contributed by atoms with van der Waals surface area (Å²) in [4.78, 5) is 0. The van der Waals surface area contributed by atoms with Crippen molar-refractivity contribution in [2.75, 3.05) is 0 Å². The number of aromatic nitrogens is 2. The molecule has 0 spiro atoms. The minimum atomic E-state index is 0.0620. The minimum Gasteiger partial charge on any atom is -0.392 e. The van der Waals surface area contributed by atoms with Crippen molar-refractivity contribution >= 4 is 10.9 Å². The van der Waals surface area contributed by atoms with Gasteiger partial charge in [-0.2, -0.15) is 5.10 Å². The molecular formula is C15H14N2O. The molecule has 0 atom stereocenters. The van der Waals surface area contributed by atoms with Gasteiger partial charge in [0.1, 0.15) is 0 Å². The van der Waals surface area contributed by atoms with E-state index in [9.17, 15) is 5.11 Å². The first-order valence-electron chi connectivity index (χ1n) is 5.96. The van der Waals surface area contributed by atoms with Crippen LogP contribution in [-0.4, -0.2) is 14.9 Å². The summed E-state index contributed by atoms with van der Waals surface area (Å²) in [5, 5.41) is 14.7. The van der Waals surface area contributed by atoms with Crippen LogP contribution < -0.4 is 0 Å². The number of fused-ring (bicyclic) bond motifs is 1. The summed E-state index contributed by atoms with van der Waals surface area (Å²) < 4.78 is 1.96. The van der Waals surface area contributed by atoms with Gasteiger partial charge >= 0.3 is 0 Å². The lowest BCUT2D eigenvalue weighted by molar-refractivity contribution is 0.282. The first-order chi connectivity index (χ1) is 8.86. The monoisotopic (exact) mass is 238 g/mol. The molecule has 0 aliphatic rings. The predicted molar refractivity (Wildman–Crippen MR) is 71.2 cm³/mol. The second kappa shape index (κ2) is 4.63. The molecule has 1 heterocycles. The third-order valence-corrected chi connectivity index (χ3v) is 3.07. The Morgan fingerprint density at radius 2 is 1.83 bits per heavy atom. The highest BCUT2D eigenvalue weighted by atomic mass is 16.3. The summed E-state index contributed by atoms with van der Waals surface area (Å²) in [5.74, 6) is 0. The average Bonchev–Trinajstić information content (AvgIpc) is 2.82. The van der Waals surface area contributed by atoms with E-state index < -0.39 is 0 Å². The number of aliphatic hydroxyl groups excluding tert-OH is 1. The second-order valence-corrected chi connectivity index (χ2v) is 4.34. The van der Waals surface area contributed by atoms with Gasteiger partial charge in [0.25, 0.3) is 0 Å². The van der Waals surface area contributed by atoms with Crippen molar-refractivity contribution in [3.8, 4) is 0 Å². The SMILES string of the molecule is OCc1ccc2cnn(Cc3ccccc3)c2c1. The van der Waals surface area contributed by atoms with E-state index in [0.717, 1.165) is 23.0 Å². The Kier molecular flexibility index (Phi) is 2.82. The molecule has 0 bridgehead atoms. The molecule has 18 heavy (non-hydrogen) atoms. The number of rotatable bonds is 3. The molecular weight excluding hydrogens is 224 g/mol. The Balaban J connectivity index is 2.01. The van der Waals surface area contributed by atoms with Crippen LogP contribution in [-0.2, 0) is 13.2 Å². The molecule has 1 aromatic heterocycles. The van der Waals surface area contributed by atoms with Crippen LogP contribution in [0.2, 0.25) is 0 Å². The maximum absolute atomic E-state index is 9.19. The van der Waals surface area contributed by atoms with Crippen LogP contribution in [0.1, 0.15) is 11.1 Å². The van der Waals surface area contributed by atoms with Gasteiger partial charge in [-0.25, -0.2) is 0 Å². The molecule has 0 saturated heterocycles. The van der Waals surface area contributed by atoms with Crippen LogP contribution in [0.5, 0.6) is 0 Å². The number of aliphatic hydroxyl groups is 1. The highest BCUT2D eigenvalue weighted by Gasteiger charge is 2.04. The molecule has 3 heteroatoms. The first-order valence-corrected chi connectivity index (χ1v) is 5.96. The van der Waals surface area contributed by atoms with Gasteiger partial charge in [0.05, 0.1) is 24.9 Å². The zero-order valence-electron chi connectivity index (χ0n) is 9.95. The van der Waals surface area contributed by atoms with E-state index in [1.165, 1.54) is 5.56 Å². The van der Waals surface area contributed by atoms with Crippen LogP contribution in [0.4, 0.5) is 0 Å². The summed E-state index contributed by atoms with van der Waals surface area (Å²) in [6, 6.07) is 16.2. The zero-order valence-corrected chi connectivity index (χ0v) is 9.95. The molecule has 0 saturated carbocycles. The highest BCUT2D eigenvalue weighted by molar-refractivity contribution is 5.79. The van der Waals surface area contributed by atoms with E-state index in [1.54, 1.807) is 0 Å². The lowest BCUT2D eigenvalue weighted by Crippen LogP contribution is -2.01. The van der Waals surface area contributed by atoms with Gasteiger partial charge in [0.2, 0.25) is 0 Å². The molecule has 2 aromatic carbocycles. The third-order valence-electron chi connectivity index (χ3n) is 3.07. The normalized spacial score (nSPS) is 10.9. The lowest BCUT2D eigenvalue weighted by atomic mass is 10.1. The van der Waals surface area contributed by atoms with E-state index in [-0.39, 0.29) is 6.61 Å². The molecule has 0 radical (unpaired) electrons. The van der Waals surface area contributed by atoms with Crippen molar-refractivity contribution in [2.24, 2.45) is 0 Å². The van der Waals surface area contributed by atoms with E-state index in [2.05, 4.69) is 17.2 Å². The van der Waals surface area contributed by atoms with Crippen molar-refractivity contribution < 1.29 is 5.11 Å². The molecule has 3 aromatic rings. The van der Waals surface area contributed by atoms with Crippen molar-refractivity contribution in [1.82, 2.24) is 9.78 Å². The van der Waals surface area contributed by atoms with Gasteiger partial charge < -0.3 is 5.11 Å². The van der Waals surface area contributed by atoms with Crippen molar-refractivity contribution in [3.05, 3.63) is 65.9 Å². The van der Waals surface area contributed by atoms with Crippen LogP contribution in [0.15, 0.2) is 54.7 Å². The first kappa shape index (κ1) is 11.0. The fourth-order valence-corrected chi connectivity index (χ4v) is 2.10. The number of hydrogen-bond acceptors (Lipinski definition) is 2. The molecule has 0 amide bonds. The Labute approximate surface area is 105 Å². The molecule has 3 nitrogen and oxygen atoms in total. The largest absolute Gasteiger partial charge is 0.392 e. The summed E-state index contributed by atoms with van der Waals surface area (Å²) in [6.07, 6.45) is 1.86. The molecule has 0 aliphatic heterocycles. The number of hydrogen-bond donors (Lipinski definition) is 1. The average molecular weight is 238 g/mol. The van der Waals surface area contributed by atoms with E-state index >= 15 is 0 Å². The molecule has 3 rings (SSSR count). The summed E-state index contributed by atoms with van der Waals surface area (Å²) in [6.45, 7) is 0.811. The smallest absolute Gasteiger partial charge is 0.0690 e. The van der Waals surface area contributed by atoms with Crippen molar-refractivity contribution in [1.29, 1.82) is 0 Å². The van der Waals surface area contributed by atoms with Crippen molar-refractivity contribution in [2.45, 2.75) is 13.2 Å². The van der Waals surface area contributed by atoms with E-state index in [1.807, 2.05) is 47.3 Å². The standard InChI is InChI=1S/C15H14N2O/c18-11-13-6-7-14-9-16-17(15(14)8-13)10-12-4-2-1-3-5-12/h1-9,18H,10-11H2. The van der Waals surface area contributed by atoms with Crippen LogP contribution in [0.3, 0.4) is 0 Å². The topological polar surface area (TPSA) is 38.1 Å². The highest BCUT2D eigenvalue weighted by Crippen LogP contribution is 2.17. The quantitative estimate of drug-likeness (QED) is 0.761. The number of nitrogens with zero attached hydrogens (tertiary/aromatic N) is 2. The van der Waals surface area contributed by atoms with Crippen LogP contribution in [0, 0.1) is 0 Å². The maximum atomic E-state index is 9.19. The minimum absolute atomic E-state index is 0.0620. The summed E-state index contributed by atoms with van der Waals surface area (Å²) in [5.41, 5.74) is 3.19. The van der Waals surface area contributed by atoms with Crippen LogP contribution in [0.25, 0.3) is 10.9 Å². The van der Waals surface area contributed by atoms with Gasteiger partial charge in [-0.15, -0.1) is 0 Å². The Morgan fingerprint density at radius 3 is 2.61 bits per heavy atom. The van der Waals surface area contributed by atoms with Gasteiger partial charge in [-0.1, -0.05) is 42.5 Å². The Bertz CT molecular complexity index is 659. The Morgan fingerprint density at radius 1 is 1.00 bits per heavy atom. The lowest BCUT2D eigenvalue weighted by Gasteiger charge is -2.04. The summed E-state index contributed by atoms with van der Waals surface area (Å²) in [7, 11) is 0. The molecule has 0 unspecified atom stereocenters. The van der Waals surface area contributed by atoms with Gasteiger partial charge in [0.15, 0.2) is 0 Å². The molecule has 90 valence electrons. The van der Waals surface area contributed by atoms with Gasteiger partial charge in [0, 0.05) is 5.39 Å². The van der Waals surface area contributed by atoms with Gasteiger partial charge in [-0.05, 0) is 17.2 Å². The molecule has 0 fully saturated rings. The maximum Gasteiger partial charge on any atom is 0.0690 e. The van der Waals surface area contributed by atoms with Crippen LogP contribution >= 0.6 is 0 Å². The van der Waals surface area contributed by atoms with E-state index in [4.69, 9.17) is 0 Å². The molecule has 1 N–H and O–H groups in total. The van der Waals surface area contributed by atoms with E-state index in [0.29, 0.717) is 0 Å². The second-order valence-electron chi connectivity index (χ2n) is 4.34. The Hall–Kier alpha value is -2.13. The van der Waals surface area contributed by atoms with Gasteiger partial charge in [-0.3, -0.25) is 4.68 Å². The third kappa shape index (κ3) is 2.00. The summed E-state index contributed by atoms with van der Waals surface area (Å²) >= 11 is 0. The predicted octanol–water partition coefficient (Wildman–Crippen LogP) is 2.58. The zero-order chi connectivity index (χ0) is 12.4. The molecule has 0 aliphatic carbocycles. The van der Waals surface area contributed by atoms with Crippen molar-refractivity contribution in [3.63, 3.8) is 0 Å². The number of benzene rings is 2. The fraction of sp³-hybridized carbons (Fsp3) is 0.133. The fourth-order valence-electron chi connectivity index (χ4n) is 2.10.